The summed E-state index contributed by atoms with van der Waals surface area (Å²) in [6.45, 7) is 1.92. The smallest absolute Gasteiger partial charge is 0.276 e. The number of hydrogen-bond acceptors (Lipinski definition) is 4. The van der Waals surface area contributed by atoms with E-state index in [-0.39, 0.29) is 17.6 Å². The van der Waals surface area contributed by atoms with Crippen molar-refractivity contribution in [2.24, 2.45) is 0 Å². The van der Waals surface area contributed by atoms with E-state index in [1.807, 2.05) is 18.2 Å². The Morgan fingerprint density at radius 2 is 1.82 bits per heavy atom. The molecule has 3 N–H and O–H groups in total. The molecular weight excluding hydrogens is 302 g/mol. The van der Waals surface area contributed by atoms with Crippen LogP contribution >= 0.6 is 12.2 Å². The topological polar surface area (TPSA) is 79.5 Å². The molecule has 1 aromatic carbocycles. The van der Waals surface area contributed by atoms with Gasteiger partial charge in [-0.3, -0.25) is 20.4 Å². The Kier molecular flexibility index (Phi) is 8.59. The first-order valence-electron chi connectivity index (χ1n) is 7.18. The van der Waals surface area contributed by atoms with Crippen LogP contribution in [0.15, 0.2) is 30.3 Å². The van der Waals surface area contributed by atoms with Crippen molar-refractivity contribution >= 4 is 29.1 Å². The molecule has 0 aliphatic heterocycles. The third-order valence-electron chi connectivity index (χ3n) is 2.69. The second-order valence-corrected chi connectivity index (χ2v) is 5.02. The van der Waals surface area contributed by atoms with Crippen LogP contribution in [0.4, 0.5) is 0 Å². The zero-order valence-corrected chi connectivity index (χ0v) is 13.4. The lowest BCUT2D eigenvalue weighted by Gasteiger charge is -2.11. The van der Waals surface area contributed by atoms with Gasteiger partial charge in [0.15, 0.2) is 11.7 Å². The lowest BCUT2D eigenvalue weighted by Crippen LogP contribution is -2.49. The predicted molar refractivity (Wildman–Crippen MR) is 88.1 cm³/mol. The zero-order valence-electron chi connectivity index (χ0n) is 12.6. The van der Waals surface area contributed by atoms with Gasteiger partial charge in [0.1, 0.15) is 5.75 Å². The molecule has 0 saturated heterocycles. The number of hydrogen-bond donors (Lipinski definition) is 3. The maximum Gasteiger partial charge on any atom is 0.276 e. The molecule has 6 nitrogen and oxygen atoms in total. The lowest BCUT2D eigenvalue weighted by molar-refractivity contribution is -0.124. The molecule has 0 spiro atoms. The van der Waals surface area contributed by atoms with E-state index in [2.05, 4.69) is 23.1 Å². The minimum atomic E-state index is -0.397. The standard InChI is InChI=1S/C15H21N3O3S/c1-2-3-5-10-13(19)16-15(22)18-17-14(20)11-21-12-8-6-4-7-9-12/h4,6-9H,2-3,5,10-11H2,1H3,(H,17,20)(H2,16,18,19,22). The van der Waals surface area contributed by atoms with Crippen LogP contribution in [-0.2, 0) is 9.59 Å². The minimum absolute atomic E-state index is 0.0644. The average molecular weight is 323 g/mol. The summed E-state index contributed by atoms with van der Waals surface area (Å²) in [5.74, 6) is 0.0385. The molecule has 0 fully saturated rings. The number of carbonyl (C=O) groups is 2. The third-order valence-corrected chi connectivity index (χ3v) is 2.89. The quantitative estimate of drug-likeness (QED) is 0.404. The lowest BCUT2D eigenvalue weighted by atomic mass is 10.2. The van der Waals surface area contributed by atoms with Gasteiger partial charge in [0.25, 0.3) is 5.91 Å². The van der Waals surface area contributed by atoms with Gasteiger partial charge in [-0.05, 0) is 30.8 Å². The van der Waals surface area contributed by atoms with Crippen molar-refractivity contribution in [1.29, 1.82) is 0 Å². The Balaban J connectivity index is 2.15. The van der Waals surface area contributed by atoms with Gasteiger partial charge in [-0.15, -0.1) is 0 Å². The average Bonchev–Trinajstić information content (AvgIpc) is 2.52. The molecule has 1 rings (SSSR count). The number of rotatable bonds is 7. The molecule has 0 atom stereocenters. The normalized spacial score (nSPS) is 9.68. The highest BCUT2D eigenvalue weighted by Crippen LogP contribution is 2.07. The zero-order chi connectivity index (χ0) is 16.2. The van der Waals surface area contributed by atoms with E-state index in [1.54, 1.807) is 12.1 Å². The second-order valence-electron chi connectivity index (χ2n) is 4.61. The molecule has 0 aromatic heterocycles. The SMILES string of the molecule is CCCCCC(=O)NC(=S)NNC(=O)COc1ccccc1. The molecule has 1 aromatic rings. The Morgan fingerprint density at radius 1 is 1.09 bits per heavy atom. The van der Waals surface area contributed by atoms with E-state index in [0.717, 1.165) is 19.3 Å². The summed E-state index contributed by atoms with van der Waals surface area (Å²) in [5.41, 5.74) is 4.82. The first kappa shape index (κ1) is 17.9. The molecule has 22 heavy (non-hydrogen) atoms. The maximum atomic E-state index is 11.5. The highest BCUT2D eigenvalue weighted by atomic mass is 32.1. The summed E-state index contributed by atoms with van der Waals surface area (Å²) in [7, 11) is 0. The third kappa shape index (κ3) is 8.21. The minimum Gasteiger partial charge on any atom is -0.484 e. The number of para-hydroxylation sites is 1. The number of thiocarbonyl (C=S) groups is 1. The van der Waals surface area contributed by atoms with Crippen LogP contribution in [-0.4, -0.2) is 23.5 Å². The molecule has 2 amide bonds. The maximum absolute atomic E-state index is 11.5. The van der Waals surface area contributed by atoms with E-state index in [9.17, 15) is 9.59 Å². The number of nitrogens with one attached hydrogen (secondary N) is 3. The monoisotopic (exact) mass is 323 g/mol. The second kappa shape index (κ2) is 10.6. The number of unbranched alkanes of at least 4 members (excludes halogenated alkanes) is 2. The van der Waals surface area contributed by atoms with Gasteiger partial charge < -0.3 is 10.1 Å². The van der Waals surface area contributed by atoms with E-state index in [4.69, 9.17) is 17.0 Å². The number of amides is 2. The summed E-state index contributed by atoms with van der Waals surface area (Å²) in [5, 5.41) is 2.56. The Morgan fingerprint density at radius 3 is 2.50 bits per heavy atom. The fourth-order valence-electron chi connectivity index (χ4n) is 1.58. The van der Waals surface area contributed by atoms with Crippen molar-refractivity contribution in [1.82, 2.24) is 16.2 Å². The number of ether oxygens (including phenoxy) is 1. The first-order valence-corrected chi connectivity index (χ1v) is 7.59. The molecule has 120 valence electrons. The van der Waals surface area contributed by atoms with Crippen molar-refractivity contribution in [3.63, 3.8) is 0 Å². The van der Waals surface area contributed by atoms with Gasteiger partial charge in [-0.25, -0.2) is 0 Å². The van der Waals surface area contributed by atoms with E-state index in [0.29, 0.717) is 12.2 Å². The Labute approximate surface area is 135 Å². The van der Waals surface area contributed by atoms with Crippen molar-refractivity contribution in [3.05, 3.63) is 30.3 Å². The van der Waals surface area contributed by atoms with Crippen LogP contribution in [0.1, 0.15) is 32.6 Å². The molecule has 0 bridgehead atoms. The highest BCUT2D eigenvalue weighted by molar-refractivity contribution is 7.80. The molecule has 0 aliphatic rings. The fraction of sp³-hybridized carbons (Fsp3) is 0.400. The van der Waals surface area contributed by atoms with Crippen molar-refractivity contribution in [2.45, 2.75) is 32.6 Å². The fourth-order valence-corrected chi connectivity index (χ4v) is 1.75. The number of carbonyl (C=O) groups excluding carboxylic acids is 2. The highest BCUT2D eigenvalue weighted by Gasteiger charge is 2.06. The van der Waals surface area contributed by atoms with Crippen LogP contribution in [0.5, 0.6) is 5.75 Å². The van der Waals surface area contributed by atoms with E-state index >= 15 is 0 Å². The molecule has 0 radical (unpaired) electrons. The van der Waals surface area contributed by atoms with Crippen LogP contribution in [0.25, 0.3) is 0 Å². The molecule has 0 unspecified atom stereocenters. The number of benzene rings is 1. The van der Waals surface area contributed by atoms with Gasteiger partial charge in [-0.1, -0.05) is 38.0 Å². The van der Waals surface area contributed by atoms with Crippen LogP contribution in [0, 0.1) is 0 Å². The number of hydrazine groups is 1. The van der Waals surface area contributed by atoms with Gasteiger partial charge >= 0.3 is 0 Å². The Bertz CT molecular complexity index is 494. The van der Waals surface area contributed by atoms with Crippen LogP contribution in [0.3, 0.4) is 0 Å². The van der Waals surface area contributed by atoms with Gasteiger partial charge in [0, 0.05) is 6.42 Å². The predicted octanol–water partition coefficient (Wildman–Crippen LogP) is 1.67. The molecule has 7 heteroatoms. The van der Waals surface area contributed by atoms with Gasteiger partial charge in [0.2, 0.25) is 5.91 Å². The molecule has 0 heterocycles. The van der Waals surface area contributed by atoms with Gasteiger partial charge in [-0.2, -0.15) is 0 Å². The van der Waals surface area contributed by atoms with E-state index < -0.39 is 5.91 Å². The summed E-state index contributed by atoms with van der Waals surface area (Å²) in [6.07, 6.45) is 3.29. The first-order chi connectivity index (χ1) is 10.6. The van der Waals surface area contributed by atoms with Crippen molar-refractivity contribution < 1.29 is 14.3 Å². The molecule has 0 saturated carbocycles. The summed E-state index contributed by atoms with van der Waals surface area (Å²) >= 11 is 4.91. The van der Waals surface area contributed by atoms with Crippen molar-refractivity contribution in [2.75, 3.05) is 6.61 Å². The summed E-state index contributed by atoms with van der Waals surface area (Å²) in [4.78, 5) is 23.1. The Hall–Kier alpha value is -2.15. The molecule has 0 aliphatic carbocycles. The summed E-state index contributed by atoms with van der Waals surface area (Å²) < 4.78 is 5.26. The van der Waals surface area contributed by atoms with E-state index in [1.165, 1.54) is 0 Å². The van der Waals surface area contributed by atoms with Gasteiger partial charge in [0.05, 0.1) is 0 Å². The van der Waals surface area contributed by atoms with Crippen molar-refractivity contribution in [3.8, 4) is 5.75 Å². The van der Waals surface area contributed by atoms with Crippen LogP contribution < -0.4 is 20.9 Å². The largest absolute Gasteiger partial charge is 0.484 e. The van der Waals surface area contributed by atoms with Crippen LogP contribution in [0.2, 0.25) is 0 Å². The molecular formula is C15H21N3O3S. The summed E-state index contributed by atoms with van der Waals surface area (Å²) in [6, 6.07) is 8.99.